The van der Waals surface area contributed by atoms with Gasteiger partial charge in [0.15, 0.2) is 5.11 Å². The van der Waals surface area contributed by atoms with Crippen molar-refractivity contribution in [1.29, 1.82) is 0 Å². The molecular weight excluding hydrogens is 270 g/mol. The maximum absolute atomic E-state index is 11.9. The third-order valence-corrected chi connectivity index (χ3v) is 2.76. The number of hydrogen-bond donors (Lipinski definition) is 2. The molecule has 1 aromatic carbocycles. The van der Waals surface area contributed by atoms with E-state index in [4.69, 9.17) is 12.2 Å². The number of aliphatic imine (C=N–C) groups is 1. The molecule has 0 heterocycles. The lowest BCUT2D eigenvalue weighted by molar-refractivity contribution is 0.0977. The van der Waals surface area contributed by atoms with E-state index in [1.165, 1.54) is 0 Å². The molecule has 1 amide bonds. The van der Waals surface area contributed by atoms with Crippen molar-refractivity contribution in [3.63, 3.8) is 0 Å². The van der Waals surface area contributed by atoms with Gasteiger partial charge in [0.25, 0.3) is 5.91 Å². The SMILES string of the molecule is C=C/C(=C\N=C)CNC(=S)NC(=O)c1ccc(C)cc1. The van der Waals surface area contributed by atoms with Crippen molar-refractivity contribution in [2.75, 3.05) is 6.54 Å². The van der Waals surface area contributed by atoms with Crippen LogP contribution in [-0.2, 0) is 0 Å². The van der Waals surface area contributed by atoms with Crippen molar-refractivity contribution in [3.8, 4) is 0 Å². The Balaban J connectivity index is 2.52. The van der Waals surface area contributed by atoms with E-state index in [-0.39, 0.29) is 11.0 Å². The number of nitrogens with one attached hydrogen (secondary N) is 2. The second kappa shape index (κ2) is 8.01. The Morgan fingerprint density at radius 3 is 2.60 bits per heavy atom. The Morgan fingerprint density at radius 1 is 1.40 bits per heavy atom. The van der Waals surface area contributed by atoms with Gasteiger partial charge in [0, 0.05) is 18.3 Å². The first kappa shape index (κ1) is 15.8. The Morgan fingerprint density at radius 2 is 2.05 bits per heavy atom. The van der Waals surface area contributed by atoms with Gasteiger partial charge in [0.05, 0.1) is 0 Å². The smallest absolute Gasteiger partial charge is 0.257 e. The van der Waals surface area contributed by atoms with Crippen LogP contribution in [0.4, 0.5) is 0 Å². The van der Waals surface area contributed by atoms with Crippen LogP contribution in [-0.4, -0.2) is 24.3 Å². The molecule has 0 aliphatic heterocycles. The summed E-state index contributed by atoms with van der Waals surface area (Å²) in [4.78, 5) is 15.6. The van der Waals surface area contributed by atoms with Crippen molar-refractivity contribution in [2.45, 2.75) is 6.92 Å². The van der Waals surface area contributed by atoms with E-state index in [0.717, 1.165) is 11.1 Å². The van der Waals surface area contributed by atoms with Crippen LogP contribution in [0.2, 0.25) is 0 Å². The van der Waals surface area contributed by atoms with E-state index in [1.54, 1.807) is 24.4 Å². The minimum absolute atomic E-state index is 0.242. The van der Waals surface area contributed by atoms with E-state index < -0.39 is 0 Å². The van der Waals surface area contributed by atoms with E-state index in [0.29, 0.717) is 12.1 Å². The number of rotatable bonds is 5. The van der Waals surface area contributed by atoms with E-state index in [9.17, 15) is 4.79 Å². The summed E-state index contributed by atoms with van der Waals surface area (Å²) in [6.07, 6.45) is 3.22. The monoisotopic (exact) mass is 287 g/mol. The lowest BCUT2D eigenvalue weighted by atomic mass is 10.1. The van der Waals surface area contributed by atoms with Crippen molar-refractivity contribution in [1.82, 2.24) is 10.6 Å². The van der Waals surface area contributed by atoms with Crippen LogP contribution in [0.15, 0.2) is 53.7 Å². The van der Waals surface area contributed by atoms with Crippen molar-refractivity contribution in [2.24, 2.45) is 4.99 Å². The van der Waals surface area contributed by atoms with E-state index in [1.807, 2.05) is 19.1 Å². The van der Waals surface area contributed by atoms with Gasteiger partial charge in [-0.05, 0) is 43.6 Å². The zero-order valence-corrected chi connectivity index (χ0v) is 12.2. The second-order valence-electron chi connectivity index (χ2n) is 4.09. The molecule has 0 aromatic heterocycles. The Bertz CT molecular complexity index is 547. The highest BCUT2D eigenvalue weighted by Crippen LogP contribution is 2.02. The van der Waals surface area contributed by atoms with Crippen LogP contribution in [0.3, 0.4) is 0 Å². The van der Waals surface area contributed by atoms with Crippen LogP contribution in [0, 0.1) is 6.92 Å². The molecule has 0 aliphatic rings. The van der Waals surface area contributed by atoms with Gasteiger partial charge in [-0.3, -0.25) is 15.1 Å². The molecule has 0 radical (unpaired) electrons. The van der Waals surface area contributed by atoms with Gasteiger partial charge >= 0.3 is 0 Å². The molecule has 104 valence electrons. The Labute approximate surface area is 124 Å². The predicted octanol–water partition coefficient (Wildman–Crippen LogP) is 2.37. The molecule has 2 N–H and O–H groups in total. The summed E-state index contributed by atoms with van der Waals surface area (Å²) in [6.45, 7) is 9.40. The Hall–Kier alpha value is -2.27. The molecule has 1 rings (SSSR count). The number of carbonyl (C=O) groups is 1. The number of nitrogens with zero attached hydrogens (tertiary/aromatic N) is 1. The third-order valence-electron chi connectivity index (χ3n) is 2.51. The standard InChI is InChI=1S/C15H17N3OS/c1-4-12(9-16-3)10-17-15(20)18-14(19)13-7-5-11(2)6-8-13/h4-9H,1,3,10H2,2H3,(H2,17,18,19,20)/b12-9+. The van der Waals surface area contributed by atoms with Crippen LogP contribution < -0.4 is 10.6 Å². The predicted molar refractivity (Wildman–Crippen MR) is 87.1 cm³/mol. The van der Waals surface area contributed by atoms with Gasteiger partial charge in [0.1, 0.15) is 0 Å². The number of amides is 1. The quantitative estimate of drug-likeness (QED) is 0.496. The van der Waals surface area contributed by atoms with Crippen LogP contribution in [0.1, 0.15) is 15.9 Å². The molecule has 0 fully saturated rings. The van der Waals surface area contributed by atoms with Crippen molar-refractivity contribution in [3.05, 3.63) is 59.8 Å². The van der Waals surface area contributed by atoms with Crippen molar-refractivity contribution < 1.29 is 4.79 Å². The summed E-state index contributed by atoms with van der Waals surface area (Å²) >= 11 is 5.06. The molecule has 0 saturated heterocycles. The fourth-order valence-electron chi connectivity index (χ4n) is 1.39. The highest BCUT2D eigenvalue weighted by molar-refractivity contribution is 7.80. The Kier molecular flexibility index (Phi) is 6.32. The van der Waals surface area contributed by atoms with Gasteiger partial charge in [-0.15, -0.1) is 0 Å². The van der Waals surface area contributed by atoms with Gasteiger partial charge in [-0.1, -0.05) is 30.4 Å². The first-order valence-electron chi connectivity index (χ1n) is 6.00. The van der Waals surface area contributed by atoms with E-state index in [2.05, 4.69) is 28.9 Å². The van der Waals surface area contributed by atoms with Gasteiger partial charge in [-0.25, -0.2) is 0 Å². The summed E-state index contributed by atoms with van der Waals surface area (Å²) in [5.74, 6) is -0.242. The lowest BCUT2D eigenvalue weighted by Gasteiger charge is -2.09. The minimum atomic E-state index is -0.242. The third kappa shape index (κ3) is 5.16. The zero-order valence-electron chi connectivity index (χ0n) is 11.3. The van der Waals surface area contributed by atoms with E-state index >= 15 is 0 Å². The largest absolute Gasteiger partial charge is 0.358 e. The van der Waals surface area contributed by atoms with Gasteiger partial charge in [-0.2, -0.15) is 0 Å². The first-order valence-corrected chi connectivity index (χ1v) is 6.40. The molecule has 0 saturated carbocycles. The van der Waals surface area contributed by atoms with Crippen LogP contribution in [0.5, 0.6) is 0 Å². The summed E-state index contributed by atoms with van der Waals surface area (Å²) < 4.78 is 0. The fourth-order valence-corrected chi connectivity index (χ4v) is 1.56. The first-order chi connectivity index (χ1) is 9.56. The molecule has 0 bridgehead atoms. The molecule has 0 spiro atoms. The zero-order chi connectivity index (χ0) is 15.0. The lowest BCUT2D eigenvalue weighted by Crippen LogP contribution is -2.39. The number of hydrogen-bond acceptors (Lipinski definition) is 3. The second-order valence-corrected chi connectivity index (χ2v) is 4.50. The minimum Gasteiger partial charge on any atom is -0.358 e. The fraction of sp³-hybridized carbons (Fsp3) is 0.133. The molecule has 1 aromatic rings. The number of aryl methyl sites for hydroxylation is 1. The number of carbonyl (C=O) groups excluding carboxylic acids is 1. The average Bonchev–Trinajstić information content (AvgIpc) is 2.44. The molecule has 5 heteroatoms. The normalized spacial score (nSPS) is 10.6. The van der Waals surface area contributed by atoms with Crippen LogP contribution in [0.25, 0.3) is 0 Å². The molecule has 20 heavy (non-hydrogen) atoms. The topological polar surface area (TPSA) is 53.5 Å². The van der Waals surface area contributed by atoms with Gasteiger partial charge in [0.2, 0.25) is 0 Å². The van der Waals surface area contributed by atoms with Crippen molar-refractivity contribution >= 4 is 30.0 Å². The summed E-state index contributed by atoms with van der Waals surface area (Å²) in [6, 6.07) is 7.26. The van der Waals surface area contributed by atoms with Crippen LogP contribution >= 0.6 is 12.2 Å². The summed E-state index contributed by atoms with van der Waals surface area (Å²) in [7, 11) is 0. The number of benzene rings is 1. The highest BCUT2D eigenvalue weighted by atomic mass is 32.1. The molecule has 0 atom stereocenters. The molecule has 4 nitrogen and oxygen atoms in total. The summed E-state index contributed by atoms with van der Waals surface area (Å²) in [5.41, 5.74) is 2.49. The highest BCUT2D eigenvalue weighted by Gasteiger charge is 2.07. The summed E-state index contributed by atoms with van der Waals surface area (Å²) in [5, 5.41) is 5.77. The molecular formula is C15H17N3OS. The molecule has 0 unspecified atom stereocenters. The maximum Gasteiger partial charge on any atom is 0.257 e. The average molecular weight is 287 g/mol. The molecule has 0 aliphatic carbocycles. The van der Waals surface area contributed by atoms with Gasteiger partial charge < -0.3 is 5.32 Å². The maximum atomic E-state index is 11.9. The number of thiocarbonyl (C=S) groups is 1.